The number of carbonyl (C=O) groups is 3. The lowest BCUT2D eigenvalue weighted by Crippen LogP contribution is -2.43. The number of hydrogen-bond donors (Lipinski definition) is 5. The first-order valence-corrected chi connectivity index (χ1v) is 25.7. The average Bonchev–Trinajstić information content (AvgIpc) is 3.28. The lowest BCUT2D eigenvalue weighted by atomic mass is 10.0. The molecule has 0 saturated carbocycles. The molecule has 5 aromatic rings. The summed E-state index contributed by atoms with van der Waals surface area (Å²) in [6, 6.07) is 32.0. The fraction of sp³-hybridized carbons (Fsp3) is 0.412. The summed E-state index contributed by atoms with van der Waals surface area (Å²) in [5, 5.41) is 20.7. The Labute approximate surface area is 384 Å². The van der Waals surface area contributed by atoms with E-state index in [1.54, 1.807) is 17.0 Å². The minimum atomic E-state index is -2.21. The van der Waals surface area contributed by atoms with Gasteiger partial charge in [0.2, 0.25) is 17.4 Å². The van der Waals surface area contributed by atoms with Crippen LogP contribution in [0.15, 0.2) is 108 Å². The van der Waals surface area contributed by atoms with Crippen LogP contribution >= 0.6 is 0 Å². The molecule has 13 nitrogen and oxygen atoms in total. The number of anilines is 2. The number of ether oxygens (including phenoxy) is 1. The predicted molar refractivity (Wildman–Crippen MR) is 262 cm³/mol. The van der Waals surface area contributed by atoms with Crippen LogP contribution in [0.2, 0.25) is 18.1 Å². The molecular formula is C51H66N6O7Si. The minimum absolute atomic E-state index is 0.0160. The molecule has 65 heavy (non-hydrogen) atoms. The highest BCUT2D eigenvalue weighted by atomic mass is 28.4. The number of nitrogens with zero attached hydrogens (tertiary/aromatic N) is 2. The number of phenolic OH excluding ortho intramolecular Hbond substituents is 1. The molecule has 346 valence electrons. The molecule has 2 heterocycles. The van der Waals surface area contributed by atoms with Crippen molar-refractivity contribution in [2.45, 2.75) is 96.2 Å². The number of unbranched alkanes of at least 4 members (excludes halogenated alkanes) is 1. The van der Waals surface area contributed by atoms with Gasteiger partial charge < -0.3 is 39.7 Å². The van der Waals surface area contributed by atoms with Crippen molar-refractivity contribution >= 4 is 48.5 Å². The van der Waals surface area contributed by atoms with Crippen molar-refractivity contribution in [3.8, 4) is 16.9 Å². The van der Waals surface area contributed by atoms with Gasteiger partial charge in [0, 0.05) is 81.9 Å². The van der Waals surface area contributed by atoms with E-state index in [4.69, 9.17) is 9.16 Å². The molecule has 1 aliphatic rings. The van der Waals surface area contributed by atoms with E-state index < -0.39 is 14.4 Å². The maximum absolute atomic E-state index is 12.9. The van der Waals surface area contributed by atoms with Crippen molar-refractivity contribution < 1.29 is 28.7 Å². The third-order valence-corrected chi connectivity index (χ3v) is 17.2. The Balaban J connectivity index is 0.863. The summed E-state index contributed by atoms with van der Waals surface area (Å²) < 4.78 is 12.7. The van der Waals surface area contributed by atoms with E-state index in [1.807, 2.05) is 92.0 Å². The Morgan fingerprint density at radius 1 is 0.877 bits per heavy atom. The van der Waals surface area contributed by atoms with E-state index in [1.165, 1.54) is 6.07 Å². The Kier molecular flexibility index (Phi) is 16.8. The second-order valence-corrected chi connectivity index (χ2v) is 23.3. The zero-order valence-corrected chi connectivity index (χ0v) is 39.7. The topological polar surface area (TPSA) is 165 Å². The second-order valence-electron chi connectivity index (χ2n) is 18.5. The number of para-hydroxylation sites is 1. The normalized spacial score (nSPS) is 14.2. The van der Waals surface area contributed by atoms with Gasteiger partial charge in [0.1, 0.15) is 11.9 Å². The molecule has 0 aliphatic carbocycles. The number of amides is 3. The smallest absolute Gasteiger partial charge is 0.411 e. The monoisotopic (exact) mass is 902 g/mol. The van der Waals surface area contributed by atoms with Crippen LogP contribution in [0.3, 0.4) is 0 Å². The highest BCUT2D eigenvalue weighted by Crippen LogP contribution is 2.41. The number of likely N-dealkylation sites (tertiary alicyclic amines) is 1. The van der Waals surface area contributed by atoms with Gasteiger partial charge in [-0.3, -0.25) is 19.7 Å². The van der Waals surface area contributed by atoms with E-state index in [0.717, 1.165) is 52.8 Å². The SMILES string of the molecule is CN(CCCCC(=O)Nc1ccc(CNC[C@@H](O[Si](C)(C)C(C)(C)C)c2ccc(O)c3[nH]c(=O)ccc23)cc1)C(=O)CCN1CCC(OC(=O)Nc2ccccc2-c2ccccc2)CC1. The highest BCUT2D eigenvalue weighted by molar-refractivity contribution is 6.74. The maximum atomic E-state index is 12.9. The summed E-state index contributed by atoms with van der Waals surface area (Å²) in [5.41, 5.74) is 5.43. The summed E-state index contributed by atoms with van der Waals surface area (Å²) in [7, 11) is -0.401. The zero-order chi connectivity index (χ0) is 46.6. The molecule has 0 unspecified atom stereocenters. The molecule has 1 aliphatic heterocycles. The third kappa shape index (κ3) is 13.8. The van der Waals surface area contributed by atoms with Crippen LogP contribution in [0.25, 0.3) is 22.0 Å². The summed E-state index contributed by atoms with van der Waals surface area (Å²) >= 11 is 0. The number of rotatable bonds is 19. The Morgan fingerprint density at radius 3 is 2.31 bits per heavy atom. The second kappa shape index (κ2) is 22.4. The molecule has 1 atom stereocenters. The van der Waals surface area contributed by atoms with Gasteiger partial charge in [-0.15, -0.1) is 0 Å². The van der Waals surface area contributed by atoms with Gasteiger partial charge in [-0.25, -0.2) is 4.79 Å². The number of benzene rings is 4. The van der Waals surface area contributed by atoms with Crippen LogP contribution in [0.1, 0.15) is 76.5 Å². The van der Waals surface area contributed by atoms with Crippen molar-refractivity contribution in [3.05, 3.63) is 125 Å². The number of hydrogen-bond acceptors (Lipinski definition) is 9. The van der Waals surface area contributed by atoms with Crippen LogP contribution < -0.4 is 21.5 Å². The average molecular weight is 903 g/mol. The number of pyridine rings is 1. The van der Waals surface area contributed by atoms with Crippen LogP contribution in [0.4, 0.5) is 16.2 Å². The first kappa shape index (κ1) is 48.6. The molecule has 5 N–H and O–H groups in total. The van der Waals surface area contributed by atoms with Crippen LogP contribution in [0.5, 0.6) is 5.75 Å². The zero-order valence-electron chi connectivity index (χ0n) is 38.7. The van der Waals surface area contributed by atoms with Gasteiger partial charge in [0.15, 0.2) is 8.32 Å². The van der Waals surface area contributed by atoms with Crippen LogP contribution in [-0.4, -0.2) is 92.0 Å². The molecule has 14 heteroatoms. The summed E-state index contributed by atoms with van der Waals surface area (Å²) in [6.07, 6.45) is 2.61. The predicted octanol–water partition coefficient (Wildman–Crippen LogP) is 9.42. The van der Waals surface area contributed by atoms with E-state index in [2.05, 4.69) is 59.7 Å². The molecule has 3 amide bonds. The number of aromatic hydroxyl groups is 1. The first-order valence-electron chi connectivity index (χ1n) is 22.8. The molecule has 4 aromatic carbocycles. The van der Waals surface area contributed by atoms with E-state index in [9.17, 15) is 24.3 Å². The molecule has 0 spiro atoms. The molecule has 0 bridgehead atoms. The van der Waals surface area contributed by atoms with Crippen molar-refractivity contribution in [1.82, 2.24) is 20.1 Å². The van der Waals surface area contributed by atoms with Gasteiger partial charge in [-0.2, -0.15) is 0 Å². The van der Waals surface area contributed by atoms with Gasteiger partial charge in [-0.05, 0) is 90.8 Å². The standard InChI is InChI=1S/C51H66N6O7Si/c1-51(2,3)65(5,6)64-45(41-23-25-44(58)49-42(41)24-26-47(60)55-49)35-52-34-36-19-21-38(22-20-36)53-46(59)18-12-13-30-56(4)48(61)29-33-57-31-27-39(28-32-57)63-50(62)54-43-17-11-10-16-40(43)37-14-8-7-9-15-37/h7-11,14-17,19-26,39,45,52,58H,12-13,18,27-35H2,1-6H3,(H,53,59)(H,54,62)(H,55,60)/t45-/m1/s1. The number of H-pyrrole nitrogens is 1. The lowest BCUT2D eigenvalue weighted by Gasteiger charge is -2.39. The number of phenols is 1. The van der Waals surface area contributed by atoms with E-state index in [-0.39, 0.29) is 40.4 Å². The largest absolute Gasteiger partial charge is 0.506 e. The number of fused-ring (bicyclic) bond motifs is 1. The number of nitrogens with one attached hydrogen (secondary N) is 4. The minimum Gasteiger partial charge on any atom is -0.506 e. The molecule has 1 saturated heterocycles. The first-order chi connectivity index (χ1) is 31.1. The van der Waals surface area contributed by atoms with Crippen LogP contribution in [-0.2, 0) is 25.3 Å². The summed E-state index contributed by atoms with van der Waals surface area (Å²) in [6.45, 7) is 14.8. The lowest BCUT2D eigenvalue weighted by molar-refractivity contribution is -0.130. The van der Waals surface area contributed by atoms with Gasteiger partial charge in [-0.1, -0.05) is 87.5 Å². The molecule has 1 aromatic heterocycles. The molecule has 1 fully saturated rings. The number of carbonyl (C=O) groups excluding carboxylic acids is 3. The number of aromatic nitrogens is 1. The highest BCUT2D eigenvalue weighted by Gasteiger charge is 2.40. The summed E-state index contributed by atoms with van der Waals surface area (Å²) in [5.74, 6) is 0.0195. The van der Waals surface area contributed by atoms with Gasteiger partial charge in [0.25, 0.3) is 0 Å². The van der Waals surface area contributed by atoms with Crippen molar-refractivity contribution in [1.29, 1.82) is 0 Å². The fourth-order valence-corrected chi connectivity index (χ4v) is 9.05. The summed E-state index contributed by atoms with van der Waals surface area (Å²) in [4.78, 5) is 57.4. The maximum Gasteiger partial charge on any atom is 0.411 e. The Bertz CT molecular complexity index is 2430. The molecular weight excluding hydrogens is 837 g/mol. The quantitative estimate of drug-likeness (QED) is 0.0401. The fourth-order valence-electron chi connectivity index (χ4n) is 7.77. The van der Waals surface area contributed by atoms with Crippen LogP contribution in [0, 0.1) is 0 Å². The van der Waals surface area contributed by atoms with Crippen molar-refractivity contribution in [2.24, 2.45) is 0 Å². The number of aromatic amines is 1. The van der Waals surface area contributed by atoms with Gasteiger partial charge in [0.05, 0.1) is 17.3 Å². The third-order valence-electron chi connectivity index (χ3n) is 12.7. The van der Waals surface area contributed by atoms with Gasteiger partial charge >= 0.3 is 6.09 Å². The van der Waals surface area contributed by atoms with E-state index in [0.29, 0.717) is 69.5 Å². The van der Waals surface area contributed by atoms with Crippen molar-refractivity contribution in [3.63, 3.8) is 0 Å². The van der Waals surface area contributed by atoms with E-state index >= 15 is 0 Å². The Hall–Kier alpha value is -5.80. The molecule has 0 radical (unpaired) electrons. The number of piperidine rings is 1. The Morgan fingerprint density at radius 2 is 1.58 bits per heavy atom. The molecule has 6 rings (SSSR count). The van der Waals surface area contributed by atoms with Crippen molar-refractivity contribution in [2.75, 3.05) is 50.4 Å².